The van der Waals surface area contributed by atoms with Gasteiger partial charge in [-0.25, -0.2) is 4.98 Å². The Hall–Kier alpha value is -1.06. The molecule has 0 saturated heterocycles. The summed E-state index contributed by atoms with van der Waals surface area (Å²) in [4.78, 5) is 4.67. The average Bonchev–Trinajstić information content (AvgIpc) is 3.08. The Morgan fingerprint density at radius 3 is 3.00 bits per heavy atom. The molecule has 0 bridgehead atoms. The van der Waals surface area contributed by atoms with Crippen LogP contribution in [-0.2, 0) is 13.1 Å². The van der Waals surface area contributed by atoms with Gasteiger partial charge in [0.05, 0.1) is 17.6 Å². The number of nitrogens with zero attached hydrogens (tertiary/aromatic N) is 2. The lowest BCUT2D eigenvalue weighted by Crippen LogP contribution is -2.18. The summed E-state index contributed by atoms with van der Waals surface area (Å²) in [6.45, 7) is 3.92. The summed E-state index contributed by atoms with van der Waals surface area (Å²) in [7, 11) is 0. The first-order valence-electron chi connectivity index (χ1n) is 6.16. The maximum Gasteiger partial charge on any atom is 0.123 e. The Morgan fingerprint density at radius 2 is 2.29 bits per heavy atom. The lowest BCUT2D eigenvalue weighted by Gasteiger charge is -2.06. The third kappa shape index (κ3) is 2.17. The standard InChI is InChI=1S/C13H16ClN3/c1-2-17-12-7-9(14)3-6-11(12)16-13(17)8-15-10-4-5-10/h3,6-7,10,15H,2,4-5,8H2,1H3. The van der Waals surface area contributed by atoms with Crippen LogP contribution in [0.1, 0.15) is 25.6 Å². The number of halogens is 1. The van der Waals surface area contributed by atoms with Crippen LogP contribution >= 0.6 is 11.6 Å². The van der Waals surface area contributed by atoms with Crippen molar-refractivity contribution in [1.82, 2.24) is 14.9 Å². The van der Waals surface area contributed by atoms with Crippen molar-refractivity contribution in [2.24, 2.45) is 0 Å². The van der Waals surface area contributed by atoms with Crippen molar-refractivity contribution in [2.45, 2.75) is 38.9 Å². The number of aryl methyl sites for hydroxylation is 1. The molecule has 0 amide bonds. The number of rotatable bonds is 4. The quantitative estimate of drug-likeness (QED) is 0.903. The summed E-state index contributed by atoms with van der Waals surface area (Å²) in [6.07, 6.45) is 2.61. The number of nitrogens with one attached hydrogen (secondary N) is 1. The molecule has 3 nitrogen and oxygen atoms in total. The number of hydrogen-bond donors (Lipinski definition) is 1. The smallest absolute Gasteiger partial charge is 0.123 e. The van der Waals surface area contributed by atoms with E-state index in [0.29, 0.717) is 6.04 Å². The van der Waals surface area contributed by atoms with Crippen LogP contribution in [0.25, 0.3) is 11.0 Å². The van der Waals surface area contributed by atoms with Crippen LogP contribution in [0.4, 0.5) is 0 Å². The molecule has 0 radical (unpaired) electrons. The summed E-state index contributed by atoms with van der Waals surface area (Å²) in [6, 6.07) is 6.59. The molecule has 1 aromatic carbocycles. The van der Waals surface area contributed by atoms with Crippen LogP contribution in [0.3, 0.4) is 0 Å². The maximum atomic E-state index is 6.04. The highest BCUT2D eigenvalue weighted by Gasteiger charge is 2.21. The molecular formula is C13H16ClN3. The van der Waals surface area contributed by atoms with E-state index in [1.165, 1.54) is 12.8 Å². The van der Waals surface area contributed by atoms with E-state index >= 15 is 0 Å². The fourth-order valence-electron chi connectivity index (χ4n) is 2.16. The summed E-state index contributed by atoms with van der Waals surface area (Å²) in [5, 5.41) is 4.28. The monoisotopic (exact) mass is 249 g/mol. The zero-order chi connectivity index (χ0) is 11.8. The Kier molecular flexibility index (Phi) is 2.81. The first-order valence-corrected chi connectivity index (χ1v) is 6.54. The van der Waals surface area contributed by atoms with Gasteiger partial charge in [-0.3, -0.25) is 0 Å². The van der Waals surface area contributed by atoms with Crippen molar-refractivity contribution >= 4 is 22.6 Å². The van der Waals surface area contributed by atoms with E-state index < -0.39 is 0 Å². The highest BCUT2D eigenvalue weighted by molar-refractivity contribution is 6.31. The molecule has 0 atom stereocenters. The first-order chi connectivity index (χ1) is 8.28. The SMILES string of the molecule is CCn1c(CNC2CC2)nc2ccc(Cl)cc21. The topological polar surface area (TPSA) is 29.9 Å². The molecule has 1 aromatic heterocycles. The first kappa shape index (κ1) is 11.1. The fourth-order valence-corrected chi connectivity index (χ4v) is 2.32. The minimum atomic E-state index is 0.712. The molecule has 90 valence electrons. The van der Waals surface area contributed by atoms with Gasteiger partial charge in [-0.1, -0.05) is 11.6 Å². The largest absolute Gasteiger partial charge is 0.327 e. The molecule has 17 heavy (non-hydrogen) atoms. The lowest BCUT2D eigenvalue weighted by molar-refractivity contribution is 0.618. The van der Waals surface area contributed by atoms with Gasteiger partial charge in [0, 0.05) is 17.6 Å². The third-order valence-corrected chi connectivity index (χ3v) is 3.47. The predicted octanol–water partition coefficient (Wildman–Crippen LogP) is 2.96. The van der Waals surface area contributed by atoms with E-state index in [-0.39, 0.29) is 0 Å². The van der Waals surface area contributed by atoms with E-state index in [2.05, 4.69) is 21.8 Å². The molecule has 0 aliphatic heterocycles. The van der Waals surface area contributed by atoms with Crippen molar-refractivity contribution in [3.05, 3.63) is 29.0 Å². The van der Waals surface area contributed by atoms with Gasteiger partial charge in [0.2, 0.25) is 0 Å². The summed E-state index contributed by atoms with van der Waals surface area (Å²) in [5.41, 5.74) is 2.16. The lowest BCUT2D eigenvalue weighted by atomic mass is 10.3. The number of imidazole rings is 1. The number of benzene rings is 1. The van der Waals surface area contributed by atoms with Gasteiger partial charge in [-0.2, -0.15) is 0 Å². The zero-order valence-corrected chi connectivity index (χ0v) is 10.7. The molecule has 4 heteroatoms. The molecule has 1 saturated carbocycles. The minimum Gasteiger partial charge on any atom is -0.327 e. The third-order valence-electron chi connectivity index (χ3n) is 3.23. The highest BCUT2D eigenvalue weighted by atomic mass is 35.5. The summed E-state index contributed by atoms with van der Waals surface area (Å²) in [5.74, 6) is 1.11. The number of aromatic nitrogens is 2. The van der Waals surface area contributed by atoms with Crippen molar-refractivity contribution in [3.8, 4) is 0 Å². The van der Waals surface area contributed by atoms with Crippen molar-refractivity contribution < 1.29 is 0 Å². The molecule has 3 rings (SSSR count). The Balaban J connectivity index is 1.97. The van der Waals surface area contributed by atoms with Gasteiger partial charge in [0.15, 0.2) is 0 Å². The van der Waals surface area contributed by atoms with Crippen molar-refractivity contribution in [1.29, 1.82) is 0 Å². The molecule has 1 heterocycles. The predicted molar refractivity (Wildman–Crippen MR) is 70.3 cm³/mol. The minimum absolute atomic E-state index is 0.712. The van der Waals surface area contributed by atoms with Crippen molar-refractivity contribution in [2.75, 3.05) is 0 Å². The van der Waals surface area contributed by atoms with Gasteiger partial charge in [-0.15, -0.1) is 0 Å². The molecular weight excluding hydrogens is 234 g/mol. The van der Waals surface area contributed by atoms with Crippen LogP contribution in [-0.4, -0.2) is 15.6 Å². The zero-order valence-electron chi connectivity index (χ0n) is 9.91. The summed E-state index contributed by atoms with van der Waals surface area (Å²) >= 11 is 6.04. The van der Waals surface area contributed by atoms with Gasteiger partial charge in [0.25, 0.3) is 0 Å². The molecule has 1 aliphatic rings. The number of hydrogen-bond acceptors (Lipinski definition) is 2. The van der Waals surface area contributed by atoms with Gasteiger partial charge < -0.3 is 9.88 Å². The normalized spacial score (nSPS) is 15.6. The van der Waals surface area contributed by atoms with Crippen LogP contribution < -0.4 is 5.32 Å². The second-order valence-corrected chi connectivity index (χ2v) is 5.00. The van der Waals surface area contributed by atoms with Gasteiger partial charge in [-0.05, 0) is 38.0 Å². The molecule has 0 unspecified atom stereocenters. The molecule has 0 spiro atoms. The van der Waals surface area contributed by atoms with Crippen LogP contribution in [0.5, 0.6) is 0 Å². The van der Waals surface area contributed by atoms with E-state index in [1.807, 2.05) is 18.2 Å². The Morgan fingerprint density at radius 1 is 1.47 bits per heavy atom. The van der Waals surface area contributed by atoms with Crippen molar-refractivity contribution in [3.63, 3.8) is 0 Å². The van der Waals surface area contributed by atoms with E-state index in [4.69, 9.17) is 11.6 Å². The summed E-state index contributed by atoms with van der Waals surface area (Å²) < 4.78 is 2.23. The number of fused-ring (bicyclic) bond motifs is 1. The van der Waals surface area contributed by atoms with E-state index in [0.717, 1.165) is 35.0 Å². The fraction of sp³-hybridized carbons (Fsp3) is 0.462. The van der Waals surface area contributed by atoms with Crippen LogP contribution in [0.2, 0.25) is 5.02 Å². The molecule has 1 aliphatic carbocycles. The maximum absolute atomic E-state index is 6.04. The van der Waals surface area contributed by atoms with Crippen LogP contribution in [0.15, 0.2) is 18.2 Å². The second kappa shape index (κ2) is 4.31. The van der Waals surface area contributed by atoms with E-state index in [9.17, 15) is 0 Å². The van der Waals surface area contributed by atoms with Crippen LogP contribution in [0, 0.1) is 0 Å². The van der Waals surface area contributed by atoms with Gasteiger partial charge >= 0.3 is 0 Å². The average molecular weight is 250 g/mol. The Labute approximate surface area is 106 Å². The molecule has 1 fully saturated rings. The molecule has 1 N–H and O–H groups in total. The van der Waals surface area contributed by atoms with Gasteiger partial charge in [0.1, 0.15) is 5.82 Å². The second-order valence-electron chi connectivity index (χ2n) is 4.56. The van der Waals surface area contributed by atoms with E-state index in [1.54, 1.807) is 0 Å². The highest BCUT2D eigenvalue weighted by Crippen LogP contribution is 2.22. The Bertz CT molecular complexity index is 543. The molecule has 2 aromatic rings.